The first kappa shape index (κ1) is 9.79. The van der Waals surface area contributed by atoms with Gasteiger partial charge < -0.3 is 4.55 Å². The number of hydrogen-bond donors (Lipinski definition) is 0. The molecule has 0 bridgehead atoms. The molecule has 0 saturated carbocycles. The second-order valence-corrected chi connectivity index (χ2v) is 3.75. The van der Waals surface area contributed by atoms with E-state index in [0.29, 0.717) is 0 Å². The molecule has 0 aromatic carbocycles. The van der Waals surface area contributed by atoms with Gasteiger partial charge in [0.1, 0.15) is 9.81 Å². The Morgan fingerprint density at radius 2 is 1.50 bits per heavy atom. The van der Waals surface area contributed by atoms with Gasteiger partial charge in [-0.3, -0.25) is 0 Å². The Balaban J connectivity index is 3.94. The fraction of sp³-hybridized carbons (Fsp3) is 0.500. The van der Waals surface area contributed by atoms with Gasteiger partial charge >= 0.3 is 0 Å². The highest BCUT2D eigenvalue weighted by Gasteiger charge is 2.12. The Kier molecular flexibility index (Phi) is 4.49. The van der Waals surface area contributed by atoms with E-state index in [9.17, 15) is 4.55 Å². The standard InChI is InChI=1S/C8H14OS/c1-5-7(3)10(9)8(4)6-2/h3-6H2,1-2H3. The van der Waals surface area contributed by atoms with Gasteiger partial charge in [0.15, 0.2) is 0 Å². The molecule has 0 rings (SSSR count). The second kappa shape index (κ2) is 4.58. The first-order valence-electron chi connectivity index (χ1n) is 3.40. The van der Waals surface area contributed by atoms with Crippen LogP contribution in [0.1, 0.15) is 26.7 Å². The predicted molar refractivity (Wildman–Crippen MR) is 47.0 cm³/mol. The Morgan fingerprint density at radius 1 is 1.20 bits per heavy atom. The minimum absolute atomic E-state index is 0.769. The van der Waals surface area contributed by atoms with Crippen LogP contribution >= 0.6 is 0 Å². The van der Waals surface area contributed by atoms with Crippen LogP contribution < -0.4 is 0 Å². The predicted octanol–water partition coefficient (Wildman–Crippen LogP) is 2.58. The van der Waals surface area contributed by atoms with E-state index in [-0.39, 0.29) is 0 Å². The molecule has 0 amide bonds. The molecule has 10 heavy (non-hydrogen) atoms. The summed E-state index contributed by atoms with van der Waals surface area (Å²) in [6.07, 6.45) is 1.54. The van der Waals surface area contributed by atoms with Gasteiger partial charge in [0.05, 0.1) is 0 Å². The highest BCUT2D eigenvalue weighted by Crippen LogP contribution is 2.18. The van der Waals surface area contributed by atoms with E-state index < -0.39 is 11.2 Å². The van der Waals surface area contributed by atoms with Crippen molar-refractivity contribution in [2.24, 2.45) is 0 Å². The summed E-state index contributed by atoms with van der Waals surface area (Å²) in [4.78, 5) is 1.54. The minimum atomic E-state index is -0.998. The third-order valence-electron chi connectivity index (χ3n) is 1.31. The lowest BCUT2D eigenvalue weighted by atomic mass is 10.5. The Hall–Kier alpha value is -0.210. The van der Waals surface area contributed by atoms with E-state index in [2.05, 4.69) is 13.2 Å². The van der Waals surface area contributed by atoms with Crippen LogP contribution in [0.15, 0.2) is 23.0 Å². The molecule has 2 heteroatoms. The SMILES string of the molecule is C=C(CC)[S+]([O-])C(=C)CC. The van der Waals surface area contributed by atoms with Crippen molar-refractivity contribution in [2.75, 3.05) is 0 Å². The van der Waals surface area contributed by atoms with Gasteiger partial charge in [-0.05, 0) is 13.2 Å². The van der Waals surface area contributed by atoms with Gasteiger partial charge in [0.2, 0.25) is 0 Å². The number of hydrogen-bond acceptors (Lipinski definition) is 1. The molecule has 58 valence electrons. The normalized spacial score (nSPS) is 10.0. The summed E-state index contributed by atoms with van der Waals surface area (Å²) in [7, 11) is 0. The zero-order valence-electron chi connectivity index (χ0n) is 6.64. The van der Waals surface area contributed by atoms with Gasteiger partial charge in [-0.15, -0.1) is 0 Å². The smallest absolute Gasteiger partial charge is 0.127 e. The van der Waals surface area contributed by atoms with Crippen molar-refractivity contribution >= 4 is 11.2 Å². The molecule has 0 heterocycles. The van der Waals surface area contributed by atoms with Crippen molar-refractivity contribution in [3.05, 3.63) is 23.0 Å². The second-order valence-electron chi connectivity index (χ2n) is 2.05. The summed E-state index contributed by atoms with van der Waals surface area (Å²) in [5, 5.41) is 0. The highest BCUT2D eigenvalue weighted by atomic mass is 32.2. The quantitative estimate of drug-likeness (QED) is 0.577. The first-order valence-corrected chi connectivity index (χ1v) is 4.55. The molecule has 0 unspecified atom stereocenters. The van der Waals surface area contributed by atoms with Crippen molar-refractivity contribution in [2.45, 2.75) is 26.7 Å². The average molecular weight is 158 g/mol. The van der Waals surface area contributed by atoms with Crippen LogP contribution in [0.3, 0.4) is 0 Å². The Bertz CT molecular complexity index is 124. The largest absolute Gasteiger partial charge is 0.607 e. The molecule has 0 atom stereocenters. The van der Waals surface area contributed by atoms with Crippen LogP contribution in [0, 0.1) is 0 Å². The van der Waals surface area contributed by atoms with Gasteiger partial charge in [0, 0.05) is 24.0 Å². The molecule has 0 aliphatic carbocycles. The maximum Gasteiger partial charge on any atom is 0.127 e. The molecule has 0 spiro atoms. The van der Waals surface area contributed by atoms with Gasteiger partial charge in [-0.1, -0.05) is 13.8 Å². The molecular formula is C8H14OS. The van der Waals surface area contributed by atoms with Crippen LogP contribution in [0.25, 0.3) is 0 Å². The average Bonchev–Trinajstić information content (AvgIpc) is 2.00. The molecule has 0 fully saturated rings. The summed E-state index contributed by atoms with van der Waals surface area (Å²) in [6, 6.07) is 0. The summed E-state index contributed by atoms with van der Waals surface area (Å²) in [5.74, 6) is 0. The van der Waals surface area contributed by atoms with Crippen molar-refractivity contribution < 1.29 is 4.55 Å². The van der Waals surface area contributed by atoms with Gasteiger partial charge in [-0.2, -0.15) is 0 Å². The van der Waals surface area contributed by atoms with Gasteiger partial charge in [0.25, 0.3) is 0 Å². The molecule has 0 radical (unpaired) electrons. The fourth-order valence-electron chi connectivity index (χ4n) is 0.466. The molecule has 0 N–H and O–H groups in total. The minimum Gasteiger partial charge on any atom is -0.607 e. The lowest BCUT2D eigenvalue weighted by Crippen LogP contribution is -2.04. The maximum absolute atomic E-state index is 11.2. The van der Waals surface area contributed by atoms with E-state index in [0.717, 1.165) is 22.7 Å². The lowest BCUT2D eigenvalue weighted by molar-refractivity contribution is 0.604. The van der Waals surface area contributed by atoms with Crippen molar-refractivity contribution in [1.29, 1.82) is 0 Å². The summed E-state index contributed by atoms with van der Waals surface area (Å²) >= 11 is -0.998. The highest BCUT2D eigenvalue weighted by molar-refractivity contribution is 7.98. The van der Waals surface area contributed by atoms with Crippen LogP contribution in [0.2, 0.25) is 0 Å². The number of rotatable bonds is 4. The van der Waals surface area contributed by atoms with E-state index >= 15 is 0 Å². The van der Waals surface area contributed by atoms with Gasteiger partial charge in [-0.25, -0.2) is 0 Å². The maximum atomic E-state index is 11.2. The topological polar surface area (TPSA) is 23.1 Å². The zero-order valence-corrected chi connectivity index (χ0v) is 7.46. The molecule has 0 aromatic heterocycles. The fourth-order valence-corrected chi connectivity index (χ4v) is 1.40. The molecular weight excluding hydrogens is 144 g/mol. The van der Waals surface area contributed by atoms with Crippen molar-refractivity contribution in [1.82, 2.24) is 0 Å². The van der Waals surface area contributed by atoms with Crippen LogP contribution in [-0.2, 0) is 11.2 Å². The van der Waals surface area contributed by atoms with E-state index in [1.54, 1.807) is 0 Å². The molecule has 0 aliphatic heterocycles. The zero-order chi connectivity index (χ0) is 8.15. The molecule has 0 aromatic rings. The van der Waals surface area contributed by atoms with Crippen LogP contribution in [-0.4, -0.2) is 4.55 Å². The summed E-state index contributed by atoms with van der Waals surface area (Å²) in [5.41, 5.74) is 0. The summed E-state index contributed by atoms with van der Waals surface area (Å²) in [6.45, 7) is 11.3. The summed E-state index contributed by atoms with van der Waals surface area (Å²) < 4.78 is 11.2. The molecule has 1 nitrogen and oxygen atoms in total. The molecule has 0 saturated heterocycles. The third-order valence-corrected chi connectivity index (χ3v) is 2.94. The van der Waals surface area contributed by atoms with E-state index in [1.807, 2.05) is 13.8 Å². The van der Waals surface area contributed by atoms with Crippen molar-refractivity contribution in [3.8, 4) is 0 Å². The van der Waals surface area contributed by atoms with E-state index in [4.69, 9.17) is 0 Å². The number of allylic oxidation sites excluding steroid dienone is 2. The van der Waals surface area contributed by atoms with Crippen molar-refractivity contribution in [3.63, 3.8) is 0 Å². The van der Waals surface area contributed by atoms with Crippen LogP contribution in [0.5, 0.6) is 0 Å². The molecule has 0 aliphatic rings. The first-order chi connectivity index (χ1) is 4.63. The third kappa shape index (κ3) is 2.58. The Labute approximate surface area is 66.0 Å². The lowest BCUT2D eigenvalue weighted by Gasteiger charge is -2.10. The van der Waals surface area contributed by atoms with E-state index in [1.165, 1.54) is 0 Å². The monoisotopic (exact) mass is 158 g/mol. The van der Waals surface area contributed by atoms with Crippen LogP contribution in [0.4, 0.5) is 0 Å². The Morgan fingerprint density at radius 3 is 1.70 bits per heavy atom.